The Hall–Kier alpha value is -4.55. The molecule has 0 spiro atoms. The Balaban J connectivity index is 1.15. The number of hydrogen-bond donors (Lipinski definition) is 1. The Morgan fingerprint density at radius 1 is 1.17 bits per heavy atom. The van der Waals surface area contributed by atoms with E-state index in [1.165, 1.54) is 23.4 Å². The average Bonchev–Trinajstić information content (AvgIpc) is 3.39. The van der Waals surface area contributed by atoms with Crippen LogP contribution < -0.4 is 10.6 Å². The molecule has 214 valence electrons. The standard InChI is InChI=1S/C28H30FN7O5/c1-27(2,3)41-25(38)34-14-20-21(15-34)28(20,24(30)37)23-7-4-16(11-31-23)19-6-5-17(10-22(19)29)36-13-18(40-26(36)39)12-35-9-8-32-33-35/h4-11,18,20-21H,12-15H2,1-3H3,(H2,30,37)/t18-,20-,21+,28?/m0/s1. The van der Waals surface area contributed by atoms with Gasteiger partial charge >= 0.3 is 12.2 Å². The minimum Gasteiger partial charge on any atom is -0.444 e. The molecule has 1 aromatic carbocycles. The van der Waals surface area contributed by atoms with Crippen molar-refractivity contribution in [2.24, 2.45) is 17.6 Å². The number of cyclic esters (lactones) is 1. The van der Waals surface area contributed by atoms with E-state index in [1.54, 1.807) is 60.8 Å². The van der Waals surface area contributed by atoms with Crippen molar-refractivity contribution in [3.05, 3.63) is 60.4 Å². The van der Waals surface area contributed by atoms with E-state index in [2.05, 4.69) is 15.3 Å². The maximum atomic E-state index is 15.3. The molecule has 3 fully saturated rings. The smallest absolute Gasteiger partial charge is 0.414 e. The predicted molar refractivity (Wildman–Crippen MR) is 143 cm³/mol. The number of nitrogens with two attached hydrogens (primary N) is 1. The van der Waals surface area contributed by atoms with Crippen molar-refractivity contribution in [2.75, 3.05) is 24.5 Å². The van der Waals surface area contributed by atoms with Crippen LogP contribution >= 0.6 is 0 Å². The lowest BCUT2D eigenvalue weighted by Gasteiger charge is -2.28. The van der Waals surface area contributed by atoms with Crippen molar-refractivity contribution < 1.29 is 28.2 Å². The molecule has 0 bridgehead atoms. The summed E-state index contributed by atoms with van der Waals surface area (Å²) in [6, 6.07) is 7.89. The molecule has 6 rings (SSSR count). The monoisotopic (exact) mass is 563 g/mol. The largest absolute Gasteiger partial charge is 0.444 e. The number of anilines is 1. The first-order chi connectivity index (χ1) is 19.5. The van der Waals surface area contributed by atoms with Crippen LogP contribution in [0.25, 0.3) is 11.1 Å². The third kappa shape index (κ3) is 4.64. The normalized spacial score (nSPS) is 25.2. The average molecular weight is 564 g/mol. The van der Waals surface area contributed by atoms with Crippen LogP contribution in [-0.2, 0) is 26.2 Å². The molecule has 2 saturated heterocycles. The van der Waals surface area contributed by atoms with Gasteiger partial charge in [-0.1, -0.05) is 11.3 Å². The molecule has 1 saturated carbocycles. The van der Waals surface area contributed by atoms with Gasteiger partial charge in [0.25, 0.3) is 0 Å². The minimum absolute atomic E-state index is 0.157. The number of halogens is 1. The summed E-state index contributed by atoms with van der Waals surface area (Å²) in [5, 5.41) is 7.62. The fourth-order valence-electron chi connectivity index (χ4n) is 6.05. The van der Waals surface area contributed by atoms with Crippen molar-refractivity contribution in [1.29, 1.82) is 0 Å². The van der Waals surface area contributed by atoms with E-state index in [-0.39, 0.29) is 18.4 Å². The fraction of sp³-hybridized carbons (Fsp3) is 0.429. The third-order valence-corrected chi connectivity index (χ3v) is 7.94. The van der Waals surface area contributed by atoms with Gasteiger partial charge in [0, 0.05) is 48.4 Å². The topological polar surface area (TPSA) is 146 Å². The number of hydrogen-bond acceptors (Lipinski definition) is 8. The molecule has 2 aromatic heterocycles. The second-order valence-electron chi connectivity index (χ2n) is 11.7. The molecular formula is C28H30FN7O5. The predicted octanol–water partition coefficient (Wildman–Crippen LogP) is 2.72. The number of ether oxygens (including phenoxy) is 2. The van der Waals surface area contributed by atoms with E-state index >= 15 is 4.39 Å². The highest BCUT2D eigenvalue weighted by molar-refractivity contribution is 5.92. The van der Waals surface area contributed by atoms with Crippen LogP contribution in [0.3, 0.4) is 0 Å². The number of nitrogens with zero attached hydrogens (tertiary/aromatic N) is 6. The van der Waals surface area contributed by atoms with Crippen LogP contribution in [0.2, 0.25) is 0 Å². The van der Waals surface area contributed by atoms with Gasteiger partial charge in [0.15, 0.2) is 0 Å². The Bertz CT molecular complexity index is 1490. The van der Waals surface area contributed by atoms with Gasteiger partial charge in [-0.25, -0.2) is 18.7 Å². The first-order valence-corrected chi connectivity index (χ1v) is 13.3. The van der Waals surface area contributed by atoms with Gasteiger partial charge in [0.05, 0.1) is 30.7 Å². The minimum atomic E-state index is -0.974. The number of piperidine rings is 1. The molecule has 13 heteroatoms. The summed E-state index contributed by atoms with van der Waals surface area (Å²) < 4.78 is 27.7. The van der Waals surface area contributed by atoms with E-state index in [4.69, 9.17) is 15.2 Å². The van der Waals surface area contributed by atoms with Gasteiger partial charge in [-0.2, -0.15) is 0 Å². The molecule has 12 nitrogen and oxygen atoms in total. The number of carbonyl (C=O) groups excluding carboxylic acids is 3. The first kappa shape index (κ1) is 26.7. The van der Waals surface area contributed by atoms with E-state index in [0.717, 1.165) is 0 Å². The van der Waals surface area contributed by atoms with Crippen LogP contribution in [0.4, 0.5) is 19.7 Å². The third-order valence-electron chi connectivity index (χ3n) is 7.94. The summed E-state index contributed by atoms with van der Waals surface area (Å²) in [4.78, 5) is 45.1. The van der Waals surface area contributed by atoms with Gasteiger partial charge < -0.3 is 20.1 Å². The first-order valence-electron chi connectivity index (χ1n) is 13.3. The molecule has 3 aliphatic rings. The van der Waals surface area contributed by atoms with Crippen molar-refractivity contribution in [3.63, 3.8) is 0 Å². The molecule has 1 aliphatic carbocycles. The lowest BCUT2D eigenvalue weighted by molar-refractivity contribution is -0.121. The quantitative estimate of drug-likeness (QED) is 0.482. The lowest BCUT2D eigenvalue weighted by atomic mass is 9.93. The number of aromatic nitrogens is 4. The highest BCUT2D eigenvalue weighted by Gasteiger charge is 2.74. The Morgan fingerprint density at radius 3 is 2.51 bits per heavy atom. The fourth-order valence-corrected chi connectivity index (χ4v) is 6.05. The molecule has 3 aromatic rings. The summed E-state index contributed by atoms with van der Waals surface area (Å²) in [7, 11) is 0. The number of pyridine rings is 1. The van der Waals surface area contributed by atoms with Gasteiger partial charge in [-0.3, -0.25) is 14.7 Å². The molecule has 2 aliphatic heterocycles. The molecule has 4 heterocycles. The highest BCUT2D eigenvalue weighted by Crippen LogP contribution is 2.63. The maximum Gasteiger partial charge on any atom is 0.414 e. The molecule has 41 heavy (non-hydrogen) atoms. The van der Waals surface area contributed by atoms with Crippen LogP contribution in [0.5, 0.6) is 0 Å². The number of fused-ring (bicyclic) bond motifs is 1. The second kappa shape index (κ2) is 9.53. The number of likely N-dealkylation sites (tertiary alicyclic amines) is 1. The number of rotatable bonds is 6. The van der Waals surface area contributed by atoms with E-state index in [0.29, 0.717) is 42.1 Å². The molecule has 3 amide bonds. The zero-order valence-electron chi connectivity index (χ0n) is 22.9. The van der Waals surface area contributed by atoms with Gasteiger partial charge in [0.1, 0.15) is 22.9 Å². The summed E-state index contributed by atoms with van der Waals surface area (Å²) in [6.45, 7) is 6.69. The van der Waals surface area contributed by atoms with E-state index in [9.17, 15) is 14.4 Å². The zero-order valence-corrected chi connectivity index (χ0v) is 22.9. The van der Waals surface area contributed by atoms with E-state index < -0.39 is 41.0 Å². The summed E-state index contributed by atoms with van der Waals surface area (Å²) in [5.41, 5.74) is 5.94. The van der Waals surface area contributed by atoms with Crippen LogP contribution in [0, 0.1) is 17.7 Å². The summed E-state index contributed by atoms with van der Waals surface area (Å²) in [6.07, 6.45) is 3.29. The SMILES string of the molecule is CC(C)(C)OC(=O)N1C[C@@H]2[C@H](C1)C2(C(N)=O)c1ccc(-c2ccc(N3C[C@H](Cn4ccnn4)OC3=O)cc2F)cn1. The number of primary amides is 1. The van der Waals surface area contributed by atoms with Crippen molar-refractivity contribution in [2.45, 2.75) is 44.4 Å². The Labute approximate surface area is 235 Å². The van der Waals surface area contributed by atoms with Gasteiger partial charge in [-0.15, -0.1) is 5.10 Å². The molecule has 2 N–H and O–H groups in total. The zero-order chi connectivity index (χ0) is 29.1. The lowest BCUT2D eigenvalue weighted by Crippen LogP contribution is -2.43. The summed E-state index contributed by atoms with van der Waals surface area (Å²) >= 11 is 0. The molecular weight excluding hydrogens is 533 g/mol. The maximum absolute atomic E-state index is 15.3. The van der Waals surface area contributed by atoms with Crippen LogP contribution in [-0.4, -0.2) is 74.3 Å². The van der Waals surface area contributed by atoms with Crippen LogP contribution in [0.1, 0.15) is 26.5 Å². The van der Waals surface area contributed by atoms with Crippen molar-refractivity contribution in [3.8, 4) is 11.1 Å². The molecule has 1 unspecified atom stereocenters. The van der Waals surface area contributed by atoms with E-state index in [1.807, 2.05) is 0 Å². The number of carbonyl (C=O) groups is 3. The molecule has 4 atom stereocenters. The van der Waals surface area contributed by atoms with Gasteiger partial charge in [0.2, 0.25) is 5.91 Å². The van der Waals surface area contributed by atoms with Gasteiger partial charge in [-0.05, 0) is 45.0 Å². The summed E-state index contributed by atoms with van der Waals surface area (Å²) in [5.74, 6) is -1.34. The van der Waals surface area contributed by atoms with Crippen molar-refractivity contribution >= 4 is 23.8 Å². The van der Waals surface area contributed by atoms with Crippen LogP contribution in [0.15, 0.2) is 48.9 Å². The second-order valence-corrected chi connectivity index (χ2v) is 11.7. The number of amides is 3. The highest BCUT2D eigenvalue weighted by atomic mass is 19.1. The number of benzene rings is 1. The Morgan fingerprint density at radius 2 is 1.93 bits per heavy atom. The Kier molecular flexibility index (Phi) is 6.20. The van der Waals surface area contributed by atoms with Crippen molar-refractivity contribution in [1.82, 2.24) is 24.9 Å². The molecule has 0 radical (unpaired) electrons.